The van der Waals surface area contributed by atoms with Gasteiger partial charge in [-0.3, -0.25) is 10.1 Å². The first-order valence-corrected chi connectivity index (χ1v) is 10.0. The van der Waals surface area contributed by atoms with Crippen LogP contribution in [0.2, 0.25) is 5.02 Å². The summed E-state index contributed by atoms with van der Waals surface area (Å²) in [6, 6.07) is 9.54. The maximum atomic E-state index is 6.18. The van der Waals surface area contributed by atoms with E-state index in [9.17, 15) is 0 Å². The first-order chi connectivity index (χ1) is 14.7. The number of hydrogen-bond donors (Lipinski definition) is 3. The Hall–Kier alpha value is -3.20. The number of hydrogen-bond acceptors (Lipinski definition) is 6. The highest BCUT2D eigenvalue weighted by Crippen LogP contribution is 2.33. The molecule has 9 nitrogen and oxygen atoms in total. The average Bonchev–Trinajstić information content (AvgIpc) is 3.52. The Bertz CT molecular complexity index is 1000. The first kappa shape index (κ1) is 20.1. The molecule has 10 heteroatoms. The topological polar surface area (TPSA) is 104 Å². The normalized spacial score (nSPS) is 16.7. The molecule has 1 atom stereocenters. The van der Waals surface area contributed by atoms with Gasteiger partial charge in [0.2, 0.25) is 5.82 Å². The molecule has 0 amide bonds. The zero-order valence-electron chi connectivity index (χ0n) is 16.9. The van der Waals surface area contributed by atoms with Gasteiger partial charge >= 0.3 is 0 Å². The van der Waals surface area contributed by atoms with Crippen molar-refractivity contribution in [2.24, 2.45) is 4.99 Å². The van der Waals surface area contributed by atoms with Crippen LogP contribution in [0.25, 0.3) is 11.6 Å². The molecule has 0 saturated carbocycles. The second-order valence-electron chi connectivity index (χ2n) is 6.90. The second kappa shape index (κ2) is 9.08. The molecule has 3 heterocycles. The van der Waals surface area contributed by atoms with Crippen molar-refractivity contribution in [1.29, 1.82) is 0 Å². The fourth-order valence-electron chi connectivity index (χ4n) is 3.45. The molecule has 1 unspecified atom stereocenters. The van der Waals surface area contributed by atoms with Crippen molar-refractivity contribution >= 4 is 23.2 Å². The van der Waals surface area contributed by atoms with Crippen LogP contribution in [0.4, 0.5) is 5.69 Å². The molecule has 4 rings (SSSR count). The molecular weight excluding hydrogens is 406 g/mol. The lowest BCUT2D eigenvalue weighted by atomic mass is 10.2. The maximum absolute atomic E-state index is 6.18. The molecule has 3 N–H and O–H groups in total. The van der Waals surface area contributed by atoms with Crippen molar-refractivity contribution in [2.75, 3.05) is 32.1 Å². The van der Waals surface area contributed by atoms with E-state index in [0.29, 0.717) is 34.9 Å². The molecule has 3 aromatic rings. The van der Waals surface area contributed by atoms with E-state index in [1.807, 2.05) is 24.3 Å². The van der Waals surface area contributed by atoms with E-state index < -0.39 is 0 Å². The first-order valence-electron chi connectivity index (χ1n) is 9.67. The zero-order valence-corrected chi connectivity index (χ0v) is 17.6. The van der Waals surface area contributed by atoms with Gasteiger partial charge in [-0.15, -0.1) is 5.10 Å². The van der Waals surface area contributed by atoms with Gasteiger partial charge in [-0.1, -0.05) is 11.6 Å². The fraction of sp³-hybridized carbons (Fsp3) is 0.350. The number of guanidine groups is 1. The highest BCUT2D eigenvalue weighted by Gasteiger charge is 2.25. The monoisotopic (exact) mass is 429 g/mol. The number of H-pyrrole nitrogens is 1. The third-order valence-electron chi connectivity index (χ3n) is 4.93. The number of aliphatic imine (C=N–C) groups is 1. The van der Waals surface area contributed by atoms with Crippen LogP contribution in [0.3, 0.4) is 0 Å². The van der Waals surface area contributed by atoms with E-state index in [1.165, 1.54) is 0 Å². The number of furan rings is 1. The summed E-state index contributed by atoms with van der Waals surface area (Å²) in [7, 11) is 3.42. The molecule has 1 fully saturated rings. The zero-order chi connectivity index (χ0) is 20.9. The van der Waals surface area contributed by atoms with E-state index in [4.69, 9.17) is 20.8 Å². The van der Waals surface area contributed by atoms with E-state index in [2.05, 4.69) is 35.7 Å². The highest BCUT2D eigenvalue weighted by molar-refractivity contribution is 6.30. The summed E-state index contributed by atoms with van der Waals surface area (Å²) < 4.78 is 10.8. The number of anilines is 1. The number of ether oxygens (including phenoxy) is 1. The largest absolute Gasteiger partial charge is 0.495 e. The van der Waals surface area contributed by atoms with E-state index in [0.717, 1.165) is 30.9 Å². The molecule has 158 valence electrons. The minimum absolute atomic E-state index is 0.244. The number of methoxy groups -OCH3 is 1. The van der Waals surface area contributed by atoms with Crippen LogP contribution in [0, 0.1) is 0 Å². The molecule has 0 radical (unpaired) electrons. The van der Waals surface area contributed by atoms with Gasteiger partial charge < -0.3 is 24.7 Å². The number of nitrogens with one attached hydrogen (secondary N) is 3. The van der Waals surface area contributed by atoms with Crippen molar-refractivity contribution in [1.82, 2.24) is 25.8 Å². The lowest BCUT2D eigenvalue weighted by Crippen LogP contribution is -2.44. The van der Waals surface area contributed by atoms with Crippen LogP contribution in [-0.2, 0) is 6.54 Å². The summed E-state index contributed by atoms with van der Waals surface area (Å²) >= 11 is 6.18. The summed E-state index contributed by atoms with van der Waals surface area (Å²) in [5.41, 5.74) is 1.00. The van der Waals surface area contributed by atoms with E-state index >= 15 is 0 Å². The molecule has 0 aliphatic carbocycles. The Morgan fingerprint density at radius 2 is 2.33 bits per heavy atom. The van der Waals surface area contributed by atoms with Crippen LogP contribution in [-0.4, -0.2) is 54.4 Å². The van der Waals surface area contributed by atoms with Gasteiger partial charge in [0.1, 0.15) is 11.6 Å². The van der Waals surface area contributed by atoms with Gasteiger partial charge in [0.25, 0.3) is 0 Å². The second-order valence-corrected chi connectivity index (χ2v) is 7.34. The Morgan fingerprint density at radius 3 is 3.10 bits per heavy atom. The Kier molecular flexibility index (Phi) is 6.08. The van der Waals surface area contributed by atoms with Crippen molar-refractivity contribution in [3.05, 3.63) is 47.4 Å². The summed E-state index contributed by atoms with van der Waals surface area (Å²) in [4.78, 5) is 11.0. The van der Waals surface area contributed by atoms with Crippen molar-refractivity contribution in [3.63, 3.8) is 0 Å². The lowest BCUT2D eigenvalue weighted by Gasteiger charge is -2.22. The molecule has 1 aromatic carbocycles. The van der Waals surface area contributed by atoms with Crippen molar-refractivity contribution in [2.45, 2.75) is 19.0 Å². The van der Waals surface area contributed by atoms with Gasteiger partial charge in [0, 0.05) is 31.2 Å². The van der Waals surface area contributed by atoms with E-state index in [1.54, 1.807) is 26.5 Å². The summed E-state index contributed by atoms with van der Waals surface area (Å²) in [6.07, 6.45) is 2.57. The van der Waals surface area contributed by atoms with E-state index in [-0.39, 0.29) is 6.04 Å². The van der Waals surface area contributed by atoms with Gasteiger partial charge in [-0.05, 0) is 36.8 Å². The molecular formula is C20H24ClN7O2. The maximum Gasteiger partial charge on any atom is 0.216 e. The minimum atomic E-state index is 0.244. The average molecular weight is 430 g/mol. The number of benzene rings is 1. The predicted molar refractivity (Wildman–Crippen MR) is 116 cm³/mol. The van der Waals surface area contributed by atoms with Gasteiger partial charge in [-0.25, -0.2) is 4.98 Å². The lowest BCUT2D eigenvalue weighted by molar-refractivity contribution is 0.415. The minimum Gasteiger partial charge on any atom is -0.495 e. The molecule has 1 aliphatic rings. The Labute approximate surface area is 179 Å². The van der Waals surface area contributed by atoms with Gasteiger partial charge in [-0.2, -0.15) is 0 Å². The molecule has 0 bridgehead atoms. The third kappa shape index (κ3) is 4.51. The number of aromatic nitrogens is 3. The molecule has 0 spiro atoms. The standard InChI is InChI=1S/C20H24ClN7O2/c1-22-20(23-11-18-25-19(27-26-18)17-4-3-9-30-17)24-14-7-8-28(12-14)15-10-13(21)5-6-16(15)29-2/h3-6,9-10,14H,7-8,11-12H2,1-2H3,(H2,22,23,24)(H,25,26,27). The predicted octanol–water partition coefficient (Wildman–Crippen LogP) is 2.67. The number of rotatable bonds is 6. The van der Waals surface area contributed by atoms with Crippen LogP contribution in [0.1, 0.15) is 12.2 Å². The number of nitrogens with zero attached hydrogens (tertiary/aromatic N) is 4. The van der Waals surface area contributed by atoms with Crippen molar-refractivity contribution in [3.8, 4) is 17.3 Å². The molecule has 1 saturated heterocycles. The fourth-order valence-corrected chi connectivity index (χ4v) is 3.62. The summed E-state index contributed by atoms with van der Waals surface area (Å²) in [5.74, 6) is 3.38. The summed E-state index contributed by atoms with van der Waals surface area (Å²) in [5, 5.41) is 14.5. The van der Waals surface area contributed by atoms with Gasteiger partial charge in [0.15, 0.2) is 11.7 Å². The van der Waals surface area contributed by atoms with Crippen LogP contribution in [0.5, 0.6) is 5.75 Å². The van der Waals surface area contributed by atoms with Crippen LogP contribution < -0.4 is 20.3 Å². The quantitative estimate of drug-likeness (QED) is 0.408. The molecule has 30 heavy (non-hydrogen) atoms. The number of aromatic amines is 1. The highest BCUT2D eigenvalue weighted by atomic mass is 35.5. The Morgan fingerprint density at radius 1 is 1.43 bits per heavy atom. The summed E-state index contributed by atoms with van der Waals surface area (Å²) in [6.45, 7) is 2.19. The molecule has 2 aromatic heterocycles. The van der Waals surface area contributed by atoms with Gasteiger partial charge in [0.05, 0.1) is 25.6 Å². The third-order valence-corrected chi connectivity index (χ3v) is 5.17. The molecule has 1 aliphatic heterocycles. The van der Waals surface area contributed by atoms with Crippen molar-refractivity contribution < 1.29 is 9.15 Å². The SMILES string of the molecule is CN=C(NCc1nc(-c2ccco2)n[nH]1)NC1CCN(c2cc(Cl)ccc2OC)C1. The van der Waals surface area contributed by atoms with Crippen LogP contribution in [0.15, 0.2) is 46.0 Å². The van der Waals surface area contributed by atoms with Crippen LogP contribution >= 0.6 is 11.6 Å². The Balaban J connectivity index is 1.32. The number of halogens is 1. The smallest absolute Gasteiger partial charge is 0.216 e.